The van der Waals surface area contributed by atoms with Crippen molar-refractivity contribution in [2.24, 2.45) is 0 Å². The van der Waals surface area contributed by atoms with E-state index < -0.39 is 0 Å². The standard InChI is InChI=1S/C14H16FNS.ClH/c1-11-6-7-13(17-11)10-16-9-8-12-4-2-3-5-14(12)15;/h2-7,16H,8-10H2,1H3;1H. The van der Waals surface area contributed by atoms with Crippen LogP contribution >= 0.6 is 23.7 Å². The van der Waals surface area contributed by atoms with E-state index in [0.717, 1.165) is 25.1 Å². The SMILES string of the molecule is Cc1ccc(CNCCc2ccccc2F)s1.Cl. The second-order valence-electron chi connectivity index (χ2n) is 4.03. The predicted molar refractivity (Wildman–Crippen MR) is 78.1 cm³/mol. The first kappa shape index (κ1) is 15.2. The first-order valence-corrected chi connectivity index (χ1v) is 6.57. The third-order valence-corrected chi connectivity index (χ3v) is 3.62. The van der Waals surface area contributed by atoms with Crippen LogP contribution in [0.2, 0.25) is 0 Å². The molecule has 0 aliphatic rings. The molecule has 0 amide bonds. The fourth-order valence-corrected chi connectivity index (χ4v) is 2.58. The Labute approximate surface area is 117 Å². The lowest BCUT2D eigenvalue weighted by atomic mass is 10.1. The lowest BCUT2D eigenvalue weighted by Crippen LogP contribution is -2.16. The largest absolute Gasteiger partial charge is 0.312 e. The molecule has 18 heavy (non-hydrogen) atoms. The summed E-state index contributed by atoms with van der Waals surface area (Å²) in [7, 11) is 0. The molecule has 0 saturated carbocycles. The van der Waals surface area contributed by atoms with Crippen molar-refractivity contribution < 1.29 is 4.39 Å². The van der Waals surface area contributed by atoms with Gasteiger partial charge in [0.25, 0.3) is 0 Å². The van der Waals surface area contributed by atoms with E-state index in [-0.39, 0.29) is 18.2 Å². The minimum Gasteiger partial charge on any atom is -0.312 e. The molecule has 0 spiro atoms. The van der Waals surface area contributed by atoms with Gasteiger partial charge >= 0.3 is 0 Å². The number of thiophene rings is 1. The van der Waals surface area contributed by atoms with E-state index in [2.05, 4.69) is 24.4 Å². The van der Waals surface area contributed by atoms with E-state index in [1.54, 1.807) is 17.4 Å². The Bertz CT molecular complexity index is 484. The van der Waals surface area contributed by atoms with Gasteiger partial charge in [-0.05, 0) is 43.7 Å². The van der Waals surface area contributed by atoms with Crippen LogP contribution in [0.5, 0.6) is 0 Å². The van der Waals surface area contributed by atoms with E-state index >= 15 is 0 Å². The van der Waals surface area contributed by atoms with Crippen LogP contribution in [0.1, 0.15) is 15.3 Å². The van der Waals surface area contributed by atoms with Gasteiger partial charge < -0.3 is 5.32 Å². The minimum absolute atomic E-state index is 0. The zero-order chi connectivity index (χ0) is 12.1. The average molecular weight is 286 g/mol. The molecule has 1 nitrogen and oxygen atoms in total. The van der Waals surface area contributed by atoms with Crippen molar-refractivity contribution >= 4 is 23.7 Å². The Morgan fingerprint density at radius 3 is 2.61 bits per heavy atom. The maximum Gasteiger partial charge on any atom is 0.126 e. The zero-order valence-corrected chi connectivity index (χ0v) is 11.9. The Hall–Kier alpha value is -0.900. The molecule has 0 fully saturated rings. The molecule has 0 aliphatic carbocycles. The van der Waals surface area contributed by atoms with Crippen molar-refractivity contribution in [1.29, 1.82) is 0 Å². The number of halogens is 2. The summed E-state index contributed by atoms with van der Waals surface area (Å²) in [6.45, 7) is 3.78. The van der Waals surface area contributed by atoms with E-state index in [0.29, 0.717) is 0 Å². The normalized spacial score (nSPS) is 10.1. The predicted octanol–water partition coefficient (Wildman–Crippen LogP) is 3.95. The molecule has 0 unspecified atom stereocenters. The van der Waals surface area contributed by atoms with Gasteiger partial charge in [0, 0.05) is 16.3 Å². The Balaban J connectivity index is 0.00000162. The minimum atomic E-state index is -0.110. The number of rotatable bonds is 5. The fourth-order valence-electron chi connectivity index (χ4n) is 1.72. The quantitative estimate of drug-likeness (QED) is 0.820. The summed E-state index contributed by atoms with van der Waals surface area (Å²) in [5.41, 5.74) is 0.780. The van der Waals surface area contributed by atoms with Crippen LogP contribution in [-0.4, -0.2) is 6.54 Å². The van der Waals surface area contributed by atoms with Crippen molar-refractivity contribution in [3.63, 3.8) is 0 Å². The van der Waals surface area contributed by atoms with E-state index in [4.69, 9.17) is 0 Å². The van der Waals surface area contributed by atoms with Crippen molar-refractivity contribution in [3.8, 4) is 0 Å². The van der Waals surface area contributed by atoms with Gasteiger partial charge in [-0.15, -0.1) is 23.7 Å². The van der Waals surface area contributed by atoms with E-state index in [1.165, 1.54) is 15.8 Å². The molecule has 1 heterocycles. The van der Waals surface area contributed by atoms with E-state index in [1.807, 2.05) is 12.1 Å². The Morgan fingerprint density at radius 1 is 1.17 bits per heavy atom. The molecular weight excluding hydrogens is 269 g/mol. The Kier molecular flexibility index (Phi) is 6.33. The van der Waals surface area contributed by atoms with Gasteiger partial charge in [-0.2, -0.15) is 0 Å². The van der Waals surface area contributed by atoms with Crippen LogP contribution < -0.4 is 5.32 Å². The number of nitrogens with one attached hydrogen (secondary N) is 1. The van der Waals surface area contributed by atoms with Crippen LogP contribution in [-0.2, 0) is 13.0 Å². The average Bonchev–Trinajstić information content (AvgIpc) is 2.73. The van der Waals surface area contributed by atoms with Crippen LogP contribution in [0.3, 0.4) is 0 Å². The van der Waals surface area contributed by atoms with Crippen LogP contribution in [0.4, 0.5) is 4.39 Å². The van der Waals surface area contributed by atoms with Crippen LogP contribution in [0.25, 0.3) is 0 Å². The molecule has 0 atom stereocenters. The number of hydrogen-bond donors (Lipinski definition) is 1. The molecule has 2 rings (SSSR count). The molecule has 2 aromatic rings. The highest BCUT2D eigenvalue weighted by molar-refractivity contribution is 7.11. The number of aryl methyl sites for hydroxylation is 1. The summed E-state index contributed by atoms with van der Waals surface area (Å²) in [6, 6.07) is 11.2. The molecule has 98 valence electrons. The molecule has 1 N–H and O–H groups in total. The highest BCUT2D eigenvalue weighted by atomic mass is 35.5. The Morgan fingerprint density at radius 2 is 1.94 bits per heavy atom. The van der Waals surface area contributed by atoms with Crippen LogP contribution in [0.15, 0.2) is 36.4 Å². The van der Waals surface area contributed by atoms with Crippen molar-refractivity contribution in [3.05, 3.63) is 57.5 Å². The fraction of sp³-hybridized carbons (Fsp3) is 0.286. The molecule has 0 radical (unpaired) electrons. The molecule has 0 aliphatic heterocycles. The zero-order valence-electron chi connectivity index (χ0n) is 10.3. The molecular formula is C14H17ClFNS. The second-order valence-corrected chi connectivity index (χ2v) is 5.40. The maximum absolute atomic E-state index is 13.3. The van der Waals surface area contributed by atoms with Gasteiger partial charge in [0.15, 0.2) is 0 Å². The third-order valence-electron chi connectivity index (χ3n) is 2.62. The van der Waals surface area contributed by atoms with Gasteiger partial charge in [-0.25, -0.2) is 4.39 Å². The highest BCUT2D eigenvalue weighted by Crippen LogP contribution is 2.14. The summed E-state index contributed by atoms with van der Waals surface area (Å²) < 4.78 is 13.3. The summed E-state index contributed by atoms with van der Waals surface area (Å²) >= 11 is 1.80. The second kappa shape index (κ2) is 7.52. The molecule has 1 aromatic heterocycles. The van der Waals surface area contributed by atoms with Gasteiger partial charge in [-0.3, -0.25) is 0 Å². The first-order valence-electron chi connectivity index (χ1n) is 5.75. The van der Waals surface area contributed by atoms with Gasteiger partial charge in [0.05, 0.1) is 0 Å². The maximum atomic E-state index is 13.3. The smallest absolute Gasteiger partial charge is 0.126 e. The topological polar surface area (TPSA) is 12.0 Å². The summed E-state index contributed by atoms with van der Waals surface area (Å²) in [5.74, 6) is -0.110. The molecule has 1 aromatic carbocycles. The first-order chi connectivity index (χ1) is 8.25. The van der Waals surface area contributed by atoms with Crippen molar-refractivity contribution in [1.82, 2.24) is 5.32 Å². The molecule has 4 heteroatoms. The van der Waals surface area contributed by atoms with Gasteiger partial charge in [0.1, 0.15) is 5.82 Å². The number of benzene rings is 1. The van der Waals surface area contributed by atoms with Gasteiger partial charge in [-0.1, -0.05) is 18.2 Å². The van der Waals surface area contributed by atoms with Gasteiger partial charge in [0.2, 0.25) is 0 Å². The summed E-state index contributed by atoms with van der Waals surface area (Å²) in [4.78, 5) is 2.66. The highest BCUT2D eigenvalue weighted by Gasteiger charge is 2.00. The summed E-state index contributed by atoms with van der Waals surface area (Å²) in [6.07, 6.45) is 0.733. The lowest BCUT2D eigenvalue weighted by Gasteiger charge is -2.04. The monoisotopic (exact) mass is 285 g/mol. The summed E-state index contributed by atoms with van der Waals surface area (Å²) in [5, 5.41) is 3.33. The third kappa shape index (κ3) is 4.41. The van der Waals surface area contributed by atoms with Crippen LogP contribution in [0, 0.1) is 12.7 Å². The van der Waals surface area contributed by atoms with E-state index in [9.17, 15) is 4.39 Å². The molecule has 0 bridgehead atoms. The van der Waals surface area contributed by atoms with Crippen molar-refractivity contribution in [2.75, 3.05) is 6.54 Å². The molecule has 0 saturated heterocycles. The lowest BCUT2D eigenvalue weighted by molar-refractivity contribution is 0.598. The number of hydrogen-bond acceptors (Lipinski definition) is 2. The van der Waals surface area contributed by atoms with Crippen molar-refractivity contribution in [2.45, 2.75) is 19.9 Å².